The number of ether oxygens (including phenoxy) is 1. The Morgan fingerprint density at radius 3 is 1.83 bits per heavy atom. The molecular formula is C60H66N4O. The topological polar surface area (TPSA) is 33.5 Å². The van der Waals surface area contributed by atoms with Crippen molar-refractivity contribution in [3.8, 4) is 28.4 Å². The molecule has 6 aromatic carbocycles. The molecule has 8 aromatic rings. The summed E-state index contributed by atoms with van der Waals surface area (Å²) >= 11 is 0. The van der Waals surface area contributed by atoms with Crippen molar-refractivity contribution in [3.05, 3.63) is 167 Å². The van der Waals surface area contributed by atoms with E-state index >= 15 is 0 Å². The van der Waals surface area contributed by atoms with Crippen LogP contribution in [0.3, 0.4) is 0 Å². The normalized spacial score (nSPS) is 13.5. The Hall–Kier alpha value is -6.33. The van der Waals surface area contributed by atoms with Gasteiger partial charge in [0.25, 0.3) is 0 Å². The first-order chi connectivity index (χ1) is 30.8. The molecule has 9 rings (SSSR count). The summed E-state index contributed by atoms with van der Waals surface area (Å²) in [7, 11) is 0. The van der Waals surface area contributed by atoms with Crippen molar-refractivity contribution in [1.82, 2.24) is 9.55 Å². The SMILES string of the molecule is CC(C)c1cccc(C(C)C)c1-c1cccc(N2CN(c3cc(Oc4ccc5c6ccccc6n(-c6cc(C(C)(C)C)ccn6)c5c4)cc(C(C)(C)C)c3)c3cc(C(C)(C)C)ccc32)c1. The Morgan fingerprint density at radius 2 is 1.14 bits per heavy atom. The summed E-state index contributed by atoms with van der Waals surface area (Å²) in [5.74, 6) is 3.31. The van der Waals surface area contributed by atoms with Crippen molar-refractivity contribution in [2.75, 3.05) is 16.5 Å². The molecule has 0 unspecified atom stereocenters. The molecule has 0 saturated heterocycles. The molecular weight excluding hydrogens is 793 g/mol. The van der Waals surface area contributed by atoms with Gasteiger partial charge in [0.15, 0.2) is 0 Å². The van der Waals surface area contributed by atoms with Crippen molar-refractivity contribution in [3.63, 3.8) is 0 Å². The van der Waals surface area contributed by atoms with Gasteiger partial charge in [-0.05, 0) is 134 Å². The minimum Gasteiger partial charge on any atom is -0.457 e. The number of nitrogens with zero attached hydrogens (tertiary/aromatic N) is 4. The Kier molecular flexibility index (Phi) is 11.0. The zero-order chi connectivity index (χ0) is 46.2. The second-order valence-electron chi connectivity index (χ2n) is 21.9. The summed E-state index contributed by atoms with van der Waals surface area (Å²) in [6.07, 6.45) is 1.93. The summed E-state index contributed by atoms with van der Waals surface area (Å²) in [4.78, 5) is 9.89. The van der Waals surface area contributed by atoms with Crippen molar-refractivity contribution in [1.29, 1.82) is 0 Å². The molecule has 0 aliphatic carbocycles. The minimum atomic E-state index is -0.129. The molecule has 5 heteroatoms. The number of aromatic nitrogens is 2. The molecule has 0 radical (unpaired) electrons. The monoisotopic (exact) mass is 859 g/mol. The fraction of sp³-hybridized carbons (Fsp3) is 0.317. The van der Waals surface area contributed by atoms with Crippen LogP contribution >= 0.6 is 0 Å². The maximum Gasteiger partial charge on any atom is 0.137 e. The molecule has 332 valence electrons. The van der Waals surface area contributed by atoms with E-state index in [9.17, 15) is 0 Å². The highest BCUT2D eigenvalue weighted by atomic mass is 16.5. The van der Waals surface area contributed by atoms with E-state index in [0.29, 0.717) is 18.5 Å². The van der Waals surface area contributed by atoms with E-state index in [0.717, 1.165) is 34.0 Å². The van der Waals surface area contributed by atoms with Gasteiger partial charge in [0.2, 0.25) is 0 Å². The Bertz CT molecular complexity index is 3050. The van der Waals surface area contributed by atoms with E-state index in [1.165, 1.54) is 66.8 Å². The van der Waals surface area contributed by atoms with Crippen LogP contribution in [0.15, 0.2) is 140 Å². The third kappa shape index (κ3) is 8.31. The molecule has 2 aromatic heterocycles. The molecule has 0 spiro atoms. The standard InChI is InChI=1S/C60H66N4O/c1-38(2)48-21-17-22-49(39(3)4)57(48)40-18-16-19-44(30-40)62-37-63(55-33-41(58(5,6)7)24-27-53(55)62)45-31-43(60(11,12)13)32-47(35-45)65-46-25-26-51-50-20-14-15-23-52(50)64(54(51)36-46)56-34-42(28-29-61-56)59(8,9)10/h14-36,38-39H,37H2,1-13H3. The highest BCUT2D eigenvalue weighted by molar-refractivity contribution is 6.09. The van der Waals surface area contributed by atoms with Crippen LogP contribution in [0.2, 0.25) is 0 Å². The van der Waals surface area contributed by atoms with Crippen LogP contribution < -0.4 is 14.5 Å². The number of fused-ring (bicyclic) bond motifs is 4. The lowest BCUT2D eigenvalue weighted by atomic mass is 9.85. The van der Waals surface area contributed by atoms with E-state index in [4.69, 9.17) is 9.72 Å². The van der Waals surface area contributed by atoms with Crippen molar-refractivity contribution in [2.45, 2.75) is 118 Å². The zero-order valence-electron chi connectivity index (χ0n) is 40.8. The predicted octanol–water partition coefficient (Wildman–Crippen LogP) is 17.0. The number of rotatable bonds is 8. The van der Waals surface area contributed by atoms with Gasteiger partial charge in [-0.3, -0.25) is 4.57 Å². The summed E-state index contributed by atoms with van der Waals surface area (Å²) in [6, 6.07) is 49.4. The van der Waals surface area contributed by atoms with E-state index in [1.807, 2.05) is 6.20 Å². The van der Waals surface area contributed by atoms with Gasteiger partial charge in [-0.1, -0.05) is 145 Å². The molecule has 65 heavy (non-hydrogen) atoms. The molecule has 0 atom stereocenters. The number of hydrogen-bond donors (Lipinski definition) is 0. The minimum absolute atomic E-state index is 0.0110. The second-order valence-corrected chi connectivity index (χ2v) is 21.9. The number of benzene rings is 6. The number of anilines is 4. The Morgan fingerprint density at radius 1 is 0.492 bits per heavy atom. The zero-order valence-corrected chi connectivity index (χ0v) is 40.8. The van der Waals surface area contributed by atoms with E-state index < -0.39 is 0 Å². The molecule has 0 fully saturated rings. The van der Waals surface area contributed by atoms with Crippen LogP contribution in [0.5, 0.6) is 11.5 Å². The van der Waals surface area contributed by atoms with Crippen molar-refractivity contribution in [2.24, 2.45) is 0 Å². The van der Waals surface area contributed by atoms with Gasteiger partial charge in [-0.25, -0.2) is 4.98 Å². The highest BCUT2D eigenvalue weighted by Crippen LogP contribution is 2.49. The number of pyridine rings is 1. The van der Waals surface area contributed by atoms with Gasteiger partial charge in [-0.2, -0.15) is 0 Å². The van der Waals surface area contributed by atoms with Gasteiger partial charge in [0, 0.05) is 40.5 Å². The number of para-hydroxylation sites is 1. The summed E-state index contributed by atoms with van der Waals surface area (Å²) in [6.45, 7) is 30.4. The largest absolute Gasteiger partial charge is 0.457 e. The van der Waals surface area contributed by atoms with Gasteiger partial charge in [0.1, 0.15) is 24.0 Å². The Balaban J connectivity index is 1.15. The van der Waals surface area contributed by atoms with Crippen LogP contribution in [-0.2, 0) is 16.2 Å². The summed E-state index contributed by atoms with van der Waals surface area (Å²) in [5.41, 5.74) is 15.9. The third-order valence-corrected chi connectivity index (χ3v) is 13.3. The predicted molar refractivity (Wildman–Crippen MR) is 277 cm³/mol. The average Bonchev–Trinajstić information content (AvgIpc) is 3.81. The first kappa shape index (κ1) is 43.9. The lowest BCUT2D eigenvalue weighted by Crippen LogP contribution is -2.24. The molecule has 5 nitrogen and oxygen atoms in total. The van der Waals surface area contributed by atoms with Crippen LogP contribution in [0.25, 0.3) is 38.8 Å². The van der Waals surface area contributed by atoms with E-state index in [2.05, 4.69) is 238 Å². The smallest absolute Gasteiger partial charge is 0.137 e. The first-order valence-electron chi connectivity index (χ1n) is 23.5. The maximum absolute atomic E-state index is 7.02. The van der Waals surface area contributed by atoms with Crippen LogP contribution in [-0.4, -0.2) is 16.2 Å². The quantitative estimate of drug-likeness (QED) is 0.152. The fourth-order valence-corrected chi connectivity index (χ4v) is 9.52. The van der Waals surface area contributed by atoms with E-state index in [1.54, 1.807) is 0 Å². The van der Waals surface area contributed by atoms with Gasteiger partial charge < -0.3 is 14.5 Å². The van der Waals surface area contributed by atoms with Gasteiger partial charge in [0.05, 0.1) is 22.4 Å². The summed E-state index contributed by atoms with van der Waals surface area (Å²) < 4.78 is 9.30. The maximum atomic E-state index is 7.02. The molecule has 3 heterocycles. The van der Waals surface area contributed by atoms with Crippen LogP contribution in [0, 0.1) is 0 Å². The molecule has 0 saturated carbocycles. The lowest BCUT2D eigenvalue weighted by molar-refractivity contribution is 0.479. The van der Waals surface area contributed by atoms with Crippen LogP contribution in [0.4, 0.5) is 22.7 Å². The number of hydrogen-bond acceptors (Lipinski definition) is 4. The molecule has 1 aliphatic heterocycles. The second kappa shape index (κ2) is 16.3. The Labute approximate surface area is 387 Å². The molecule has 0 amide bonds. The highest BCUT2D eigenvalue weighted by Gasteiger charge is 2.32. The van der Waals surface area contributed by atoms with E-state index in [-0.39, 0.29) is 16.2 Å². The van der Waals surface area contributed by atoms with Crippen LogP contribution in [0.1, 0.15) is 130 Å². The average molecular weight is 859 g/mol. The van der Waals surface area contributed by atoms with Gasteiger partial charge in [-0.15, -0.1) is 0 Å². The third-order valence-electron chi connectivity index (χ3n) is 13.3. The first-order valence-corrected chi connectivity index (χ1v) is 23.5. The summed E-state index contributed by atoms with van der Waals surface area (Å²) in [5, 5.41) is 2.36. The molecule has 1 aliphatic rings. The van der Waals surface area contributed by atoms with Crippen molar-refractivity contribution >= 4 is 44.6 Å². The fourth-order valence-electron chi connectivity index (χ4n) is 9.52. The van der Waals surface area contributed by atoms with Crippen molar-refractivity contribution < 1.29 is 4.74 Å². The molecule has 0 bridgehead atoms. The lowest BCUT2D eigenvalue weighted by Gasteiger charge is -2.27. The molecule has 0 N–H and O–H groups in total. The van der Waals surface area contributed by atoms with Gasteiger partial charge >= 0.3 is 0 Å².